The van der Waals surface area contributed by atoms with Gasteiger partial charge in [-0.3, -0.25) is 10.3 Å². The highest BCUT2D eigenvalue weighted by molar-refractivity contribution is 5.95. The van der Waals surface area contributed by atoms with E-state index < -0.39 is 0 Å². The molecule has 1 aliphatic heterocycles. The molecule has 1 aliphatic rings. The molecule has 3 heteroatoms. The van der Waals surface area contributed by atoms with E-state index in [-0.39, 0.29) is 5.84 Å². The van der Waals surface area contributed by atoms with Gasteiger partial charge < -0.3 is 5.73 Å². The van der Waals surface area contributed by atoms with E-state index in [0.29, 0.717) is 5.41 Å². The summed E-state index contributed by atoms with van der Waals surface area (Å²) in [4.78, 5) is 2.57. The highest BCUT2D eigenvalue weighted by Crippen LogP contribution is 2.37. The molecule has 110 valence electrons. The summed E-state index contributed by atoms with van der Waals surface area (Å²) in [5, 5.41) is 7.50. The van der Waals surface area contributed by atoms with Crippen LogP contribution in [-0.2, 0) is 6.54 Å². The van der Waals surface area contributed by atoms with Gasteiger partial charge in [-0.1, -0.05) is 26.0 Å². The van der Waals surface area contributed by atoms with Crippen molar-refractivity contribution in [2.75, 3.05) is 13.1 Å². The fourth-order valence-electron chi connectivity index (χ4n) is 3.27. The van der Waals surface area contributed by atoms with Crippen LogP contribution < -0.4 is 5.73 Å². The Labute approximate surface area is 122 Å². The summed E-state index contributed by atoms with van der Waals surface area (Å²) >= 11 is 0. The Bertz CT molecular complexity index is 489. The molecule has 1 saturated heterocycles. The van der Waals surface area contributed by atoms with Gasteiger partial charge in [0.2, 0.25) is 0 Å². The van der Waals surface area contributed by atoms with Gasteiger partial charge in [-0.15, -0.1) is 0 Å². The van der Waals surface area contributed by atoms with Crippen LogP contribution in [0.1, 0.15) is 49.8 Å². The zero-order chi connectivity index (χ0) is 14.8. The summed E-state index contributed by atoms with van der Waals surface area (Å²) in [5.74, 6) is 0.150. The Morgan fingerprint density at radius 1 is 1.35 bits per heavy atom. The summed E-state index contributed by atoms with van der Waals surface area (Å²) in [6.07, 6.45) is 3.88. The Hall–Kier alpha value is -1.35. The minimum absolute atomic E-state index is 0.150. The molecular formula is C17H27N3. The number of nitrogens with two attached hydrogens (primary N) is 1. The molecule has 0 spiro atoms. The molecule has 0 saturated carbocycles. The van der Waals surface area contributed by atoms with Crippen LogP contribution in [0.3, 0.4) is 0 Å². The van der Waals surface area contributed by atoms with E-state index in [9.17, 15) is 0 Å². The first-order valence-electron chi connectivity index (χ1n) is 7.66. The molecule has 0 unspecified atom stereocenters. The highest BCUT2D eigenvalue weighted by atomic mass is 15.2. The molecule has 1 fully saturated rings. The van der Waals surface area contributed by atoms with Gasteiger partial charge in [0, 0.05) is 18.7 Å². The lowest BCUT2D eigenvalue weighted by atomic mass is 9.82. The number of amidine groups is 1. The van der Waals surface area contributed by atoms with E-state index in [1.807, 2.05) is 12.1 Å². The zero-order valence-electron chi connectivity index (χ0n) is 13.0. The topological polar surface area (TPSA) is 53.1 Å². The summed E-state index contributed by atoms with van der Waals surface area (Å²) in [6.45, 7) is 10.2. The quantitative estimate of drug-likeness (QED) is 0.639. The maximum atomic E-state index is 7.50. The molecule has 0 aliphatic carbocycles. The van der Waals surface area contributed by atoms with Gasteiger partial charge in [-0.05, 0) is 55.3 Å². The number of likely N-dealkylation sites (tertiary alicyclic amines) is 1. The van der Waals surface area contributed by atoms with E-state index >= 15 is 0 Å². The van der Waals surface area contributed by atoms with Crippen LogP contribution in [0.25, 0.3) is 0 Å². The molecule has 20 heavy (non-hydrogen) atoms. The van der Waals surface area contributed by atoms with Gasteiger partial charge in [0.05, 0.1) is 0 Å². The average molecular weight is 273 g/mol. The SMILES string of the molecule is CCC1(CC)CCN(Cc2ccc(C(=N)N)cc2C)C1. The second-order valence-electron chi connectivity index (χ2n) is 6.22. The third kappa shape index (κ3) is 3.04. The van der Waals surface area contributed by atoms with Crippen molar-refractivity contribution < 1.29 is 0 Å². The second kappa shape index (κ2) is 5.96. The molecule has 1 heterocycles. The molecule has 0 radical (unpaired) electrons. The number of aryl methyl sites for hydroxylation is 1. The number of nitrogens with one attached hydrogen (secondary N) is 1. The standard InChI is InChI=1S/C17H27N3/c1-4-17(5-2)8-9-20(12-17)11-15-7-6-14(16(18)19)10-13(15)3/h6-7,10H,4-5,8-9,11-12H2,1-3H3,(H3,18,19). The van der Waals surface area contributed by atoms with Crippen LogP contribution >= 0.6 is 0 Å². The van der Waals surface area contributed by atoms with Crippen molar-refractivity contribution in [3.8, 4) is 0 Å². The first kappa shape index (κ1) is 15.0. The lowest BCUT2D eigenvalue weighted by Gasteiger charge is -2.26. The average Bonchev–Trinajstić information content (AvgIpc) is 2.85. The summed E-state index contributed by atoms with van der Waals surface area (Å²) < 4.78 is 0. The number of nitrogen functional groups attached to an aromatic ring is 1. The molecule has 1 aromatic carbocycles. The monoisotopic (exact) mass is 273 g/mol. The third-order valence-corrected chi connectivity index (χ3v) is 5.06. The van der Waals surface area contributed by atoms with Crippen molar-refractivity contribution in [1.29, 1.82) is 5.41 Å². The number of benzene rings is 1. The van der Waals surface area contributed by atoms with Gasteiger partial charge in [0.1, 0.15) is 5.84 Å². The Kier molecular flexibility index (Phi) is 4.48. The highest BCUT2D eigenvalue weighted by Gasteiger charge is 2.34. The van der Waals surface area contributed by atoms with Crippen molar-refractivity contribution in [2.45, 2.75) is 46.6 Å². The normalized spacial score (nSPS) is 18.4. The van der Waals surface area contributed by atoms with E-state index in [2.05, 4.69) is 31.7 Å². The number of hydrogen-bond acceptors (Lipinski definition) is 2. The number of rotatable bonds is 5. The van der Waals surface area contributed by atoms with Crippen molar-refractivity contribution >= 4 is 5.84 Å². The fraction of sp³-hybridized carbons (Fsp3) is 0.588. The number of nitrogens with zero attached hydrogens (tertiary/aromatic N) is 1. The van der Waals surface area contributed by atoms with Gasteiger partial charge >= 0.3 is 0 Å². The Balaban J connectivity index is 2.06. The van der Waals surface area contributed by atoms with Crippen LogP contribution in [0.4, 0.5) is 0 Å². The van der Waals surface area contributed by atoms with Crippen LogP contribution in [0.15, 0.2) is 18.2 Å². The molecule has 0 amide bonds. The van der Waals surface area contributed by atoms with Crippen molar-refractivity contribution in [3.05, 3.63) is 34.9 Å². The Morgan fingerprint density at radius 2 is 2.05 bits per heavy atom. The summed E-state index contributed by atoms with van der Waals surface area (Å²) in [6, 6.07) is 6.12. The van der Waals surface area contributed by atoms with Gasteiger partial charge in [-0.2, -0.15) is 0 Å². The molecular weight excluding hydrogens is 246 g/mol. The maximum Gasteiger partial charge on any atom is 0.122 e. The molecule has 3 nitrogen and oxygen atoms in total. The smallest absolute Gasteiger partial charge is 0.122 e. The largest absolute Gasteiger partial charge is 0.384 e. The molecule has 3 N–H and O–H groups in total. The first-order valence-corrected chi connectivity index (χ1v) is 7.66. The van der Waals surface area contributed by atoms with E-state index in [1.54, 1.807) is 0 Å². The predicted octanol–water partition coefficient (Wildman–Crippen LogP) is 3.29. The summed E-state index contributed by atoms with van der Waals surface area (Å²) in [7, 11) is 0. The van der Waals surface area contributed by atoms with Gasteiger partial charge in [0.25, 0.3) is 0 Å². The lowest BCUT2D eigenvalue weighted by molar-refractivity contribution is 0.236. The first-order chi connectivity index (χ1) is 9.49. The second-order valence-corrected chi connectivity index (χ2v) is 6.22. The fourth-order valence-corrected chi connectivity index (χ4v) is 3.27. The van der Waals surface area contributed by atoms with Crippen LogP contribution in [0.2, 0.25) is 0 Å². The van der Waals surface area contributed by atoms with Crippen LogP contribution in [-0.4, -0.2) is 23.8 Å². The van der Waals surface area contributed by atoms with Crippen LogP contribution in [0, 0.1) is 17.7 Å². The minimum Gasteiger partial charge on any atom is -0.384 e. The third-order valence-electron chi connectivity index (χ3n) is 5.06. The molecule has 2 rings (SSSR count). The summed E-state index contributed by atoms with van der Waals surface area (Å²) in [5.41, 5.74) is 9.50. The molecule has 0 aromatic heterocycles. The van der Waals surface area contributed by atoms with Crippen molar-refractivity contribution in [2.24, 2.45) is 11.1 Å². The van der Waals surface area contributed by atoms with E-state index in [1.165, 1.54) is 43.5 Å². The molecule has 1 aromatic rings. The molecule has 0 atom stereocenters. The van der Waals surface area contributed by atoms with Crippen molar-refractivity contribution in [1.82, 2.24) is 4.90 Å². The number of hydrogen-bond donors (Lipinski definition) is 2. The molecule has 0 bridgehead atoms. The maximum absolute atomic E-state index is 7.50. The zero-order valence-corrected chi connectivity index (χ0v) is 13.0. The lowest BCUT2D eigenvalue weighted by Crippen LogP contribution is -2.26. The van der Waals surface area contributed by atoms with Crippen LogP contribution in [0.5, 0.6) is 0 Å². The van der Waals surface area contributed by atoms with Gasteiger partial charge in [0.15, 0.2) is 0 Å². The minimum atomic E-state index is 0.150. The van der Waals surface area contributed by atoms with E-state index in [4.69, 9.17) is 11.1 Å². The van der Waals surface area contributed by atoms with Gasteiger partial charge in [-0.25, -0.2) is 0 Å². The Morgan fingerprint density at radius 3 is 2.55 bits per heavy atom. The van der Waals surface area contributed by atoms with E-state index in [0.717, 1.165) is 12.1 Å². The predicted molar refractivity (Wildman–Crippen MR) is 85.1 cm³/mol. The van der Waals surface area contributed by atoms with Crippen molar-refractivity contribution in [3.63, 3.8) is 0 Å².